The number of hydrogen-bond acceptors (Lipinski definition) is 2. The summed E-state index contributed by atoms with van der Waals surface area (Å²) in [7, 11) is 0. The maximum atomic E-state index is 11.2. The molecule has 2 nitrogen and oxygen atoms in total. The lowest BCUT2D eigenvalue weighted by Crippen LogP contribution is -2.32. The van der Waals surface area contributed by atoms with Crippen molar-refractivity contribution in [2.75, 3.05) is 0 Å². The average Bonchev–Trinajstić information content (AvgIpc) is 2.47. The molecule has 0 aliphatic carbocycles. The van der Waals surface area contributed by atoms with Crippen molar-refractivity contribution in [3.05, 3.63) is 76.6 Å². The number of rotatable bonds is 5. The van der Waals surface area contributed by atoms with Crippen molar-refractivity contribution in [1.29, 1.82) is 0 Å². The van der Waals surface area contributed by atoms with Gasteiger partial charge in [0.2, 0.25) is 0 Å². The van der Waals surface area contributed by atoms with E-state index in [0.29, 0.717) is 16.5 Å². The van der Waals surface area contributed by atoms with Gasteiger partial charge in [-0.2, -0.15) is 0 Å². The molecule has 0 saturated heterocycles. The van der Waals surface area contributed by atoms with Gasteiger partial charge < -0.3 is 5.11 Å². The SMILES string of the molecule is C=CCC(O)(c1cccnc1)C(C)c1ccc(Cl)cc1Cl. The Hall–Kier alpha value is -1.35. The molecule has 0 spiro atoms. The molecule has 1 aromatic carbocycles. The Bertz CT molecular complexity index is 630. The minimum atomic E-state index is -1.12. The molecule has 1 aromatic heterocycles. The van der Waals surface area contributed by atoms with Crippen LogP contribution in [-0.2, 0) is 5.60 Å². The maximum absolute atomic E-state index is 11.2. The minimum absolute atomic E-state index is 0.232. The Kier molecular flexibility index (Phi) is 5.04. The van der Waals surface area contributed by atoms with E-state index in [2.05, 4.69) is 11.6 Å². The van der Waals surface area contributed by atoms with Gasteiger partial charge in [-0.3, -0.25) is 4.98 Å². The Morgan fingerprint density at radius 1 is 1.38 bits per heavy atom. The van der Waals surface area contributed by atoms with Crippen LogP contribution in [0.5, 0.6) is 0 Å². The Morgan fingerprint density at radius 2 is 2.14 bits per heavy atom. The lowest BCUT2D eigenvalue weighted by atomic mass is 9.77. The van der Waals surface area contributed by atoms with E-state index in [4.69, 9.17) is 23.2 Å². The Morgan fingerprint density at radius 3 is 2.71 bits per heavy atom. The summed E-state index contributed by atoms with van der Waals surface area (Å²) in [4.78, 5) is 4.10. The zero-order valence-corrected chi connectivity index (χ0v) is 13.3. The number of halogens is 2. The summed E-state index contributed by atoms with van der Waals surface area (Å²) in [6.45, 7) is 5.69. The van der Waals surface area contributed by atoms with Crippen molar-refractivity contribution < 1.29 is 5.11 Å². The van der Waals surface area contributed by atoms with Crippen LogP contribution in [0.4, 0.5) is 0 Å². The molecule has 2 rings (SSSR count). The van der Waals surface area contributed by atoms with Crippen molar-refractivity contribution >= 4 is 23.2 Å². The highest BCUT2D eigenvalue weighted by Crippen LogP contribution is 2.42. The molecule has 0 aliphatic heterocycles. The van der Waals surface area contributed by atoms with Crippen LogP contribution in [0, 0.1) is 0 Å². The smallest absolute Gasteiger partial charge is 0.101 e. The third-order valence-electron chi connectivity index (χ3n) is 3.76. The first-order valence-corrected chi connectivity index (χ1v) is 7.43. The van der Waals surface area contributed by atoms with E-state index in [-0.39, 0.29) is 5.92 Å². The summed E-state index contributed by atoms with van der Waals surface area (Å²) in [5.74, 6) is -0.232. The molecule has 0 amide bonds. The maximum Gasteiger partial charge on any atom is 0.101 e. The van der Waals surface area contributed by atoms with E-state index >= 15 is 0 Å². The molecule has 2 atom stereocenters. The molecule has 0 radical (unpaired) electrons. The zero-order valence-electron chi connectivity index (χ0n) is 11.8. The minimum Gasteiger partial charge on any atom is -0.384 e. The monoisotopic (exact) mass is 321 g/mol. The van der Waals surface area contributed by atoms with Gasteiger partial charge in [0.25, 0.3) is 0 Å². The largest absolute Gasteiger partial charge is 0.384 e. The summed E-state index contributed by atoms with van der Waals surface area (Å²) in [5.41, 5.74) is 0.464. The van der Waals surface area contributed by atoms with Gasteiger partial charge in [-0.15, -0.1) is 6.58 Å². The molecule has 0 bridgehead atoms. The van der Waals surface area contributed by atoms with E-state index in [1.54, 1.807) is 36.7 Å². The van der Waals surface area contributed by atoms with Gasteiger partial charge in [0.15, 0.2) is 0 Å². The Balaban J connectivity index is 2.49. The topological polar surface area (TPSA) is 33.1 Å². The molecule has 0 fully saturated rings. The van der Waals surface area contributed by atoms with Gasteiger partial charge in [0.1, 0.15) is 5.60 Å². The first kappa shape index (κ1) is 16.0. The number of pyridine rings is 1. The average molecular weight is 322 g/mol. The summed E-state index contributed by atoms with van der Waals surface area (Å²) in [6, 6.07) is 8.97. The first-order chi connectivity index (χ1) is 9.99. The van der Waals surface area contributed by atoms with Gasteiger partial charge in [-0.05, 0) is 30.2 Å². The van der Waals surface area contributed by atoms with Crippen LogP contribution < -0.4 is 0 Å². The molecule has 0 aliphatic rings. The molecular weight excluding hydrogens is 305 g/mol. The molecule has 0 saturated carbocycles. The standard InChI is InChI=1S/C17H17Cl2NO/c1-3-8-17(21,13-5-4-9-20-11-13)12(2)15-7-6-14(18)10-16(15)19/h3-7,9-12,21H,1,8H2,2H3. The Labute approximate surface area is 135 Å². The van der Waals surface area contributed by atoms with Crippen LogP contribution in [0.25, 0.3) is 0 Å². The number of hydrogen-bond donors (Lipinski definition) is 1. The lowest BCUT2D eigenvalue weighted by Gasteiger charge is -2.34. The second kappa shape index (κ2) is 6.61. The highest BCUT2D eigenvalue weighted by molar-refractivity contribution is 6.35. The molecular formula is C17H17Cl2NO. The number of benzene rings is 1. The van der Waals surface area contributed by atoms with E-state index in [1.165, 1.54) is 0 Å². The van der Waals surface area contributed by atoms with Crippen LogP contribution in [0.15, 0.2) is 55.4 Å². The quantitative estimate of drug-likeness (QED) is 0.790. The van der Waals surface area contributed by atoms with E-state index in [9.17, 15) is 5.11 Å². The van der Waals surface area contributed by atoms with Crippen LogP contribution in [0.3, 0.4) is 0 Å². The predicted octanol–water partition coefficient (Wildman–Crippen LogP) is 4.96. The normalized spacial score (nSPS) is 15.2. The van der Waals surface area contributed by atoms with Gasteiger partial charge in [0.05, 0.1) is 0 Å². The van der Waals surface area contributed by atoms with Crippen molar-refractivity contribution in [2.24, 2.45) is 0 Å². The molecule has 2 unspecified atom stereocenters. The summed E-state index contributed by atoms with van der Waals surface area (Å²) in [5, 5.41) is 12.3. The van der Waals surface area contributed by atoms with E-state index in [1.807, 2.05) is 19.1 Å². The van der Waals surface area contributed by atoms with Crippen molar-refractivity contribution in [1.82, 2.24) is 4.98 Å². The van der Waals surface area contributed by atoms with Crippen LogP contribution in [0.1, 0.15) is 30.4 Å². The van der Waals surface area contributed by atoms with Gasteiger partial charge in [0, 0.05) is 33.9 Å². The van der Waals surface area contributed by atoms with Crippen LogP contribution >= 0.6 is 23.2 Å². The van der Waals surface area contributed by atoms with E-state index < -0.39 is 5.60 Å². The lowest BCUT2D eigenvalue weighted by molar-refractivity contribution is 0.0151. The van der Waals surface area contributed by atoms with Crippen molar-refractivity contribution in [2.45, 2.75) is 24.9 Å². The number of aliphatic hydroxyl groups is 1. The van der Waals surface area contributed by atoms with Crippen LogP contribution in [-0.4, -0.2) is 10.1 Å². The van der Waals surface area contributed by atoms with E-state index in [0.717, 1.165) is 11.1 Å². The second-order valence-corrected chi connectivity index (χ2v) is 5.89. The molecule has 2 aromatic rings. The fourth-order valence-corrected chi connectivity index (χ4v) is 3.07. The summed E-state index contributed by atoms with van der Waals surface area (Å²) >= 11 is 12.2. The number of aromatic nitrogens is 1. The molecule has 1 heterocycles. The second-order valence-electron chi connectivity index (χ2n) is 5.05. The third-order valence-corrected chi connectivity index (χ3v) is 4.32. The number of nitrogens with zero attached hydrogens (tertiary/aromatic N) is 1. The summed E-state index contributed by atoms with van der Waals surface area (Å²) in [6.07, 6.45) is 5.45. The van der Waals surface area contributed by atoms with Crippen molar-refractivity contribution in [3.63, 3.8) is 0 Å². The molecule has 1 N–H and O–H groups in total. The third kappa shape index (κ3) is 3.29. The molecule has 21 heavy (non-hydrogen) atoms. The highest BCUT2D eigenvalue weighted by Gasteiger charge is 2.36. The van der Waals surface area contributed by atoms with Gasteiger partial charge in [-0.25, -0.2) is 0 Å². The fraction of sp³-hybridized carbons (Fsp3) is 0.235. The predicted molar refractivity (Wildman–Crippen MR) is 87.8 cm³/mol. The van der Waals surface area contributed by atoms with Gasteiger partial charge >= 0.3 is 0 Å². The van der Waals surface area contributed by atoms with Crippen LogP contribution in [0.2, 0.25) is 10.0 Å². The van der Waals surface area contributed by atoms with Gasteiger partial charge in [-0.1, -0.05) is 48.3 Å². The molecule has 4 heteroatoms. The van der Waals surface area contributed by atoms with Crippen molar-refractivity contribution in [3.8, 4) is 0 Å². The fourth-order valence-electron chi connectivity index (χ4n) is 2.49. The first-order valence-electron chi connectivity index (χ1n) is 6.67. The summed E-state index contributed by atoms with van der Waals surface area (Å²) < 4.78 is 0. The highest BCUT2D eigenvalue weighted by atomic mass is 35.5. The molecule has 110 valence electrons. The zero-order chi connectivity index (χ0) is 15.5.